The summed E-state index contributed by atoms with van der Waals surface area (Å²) in [5, 5.41) is 17.3. The van der Waals surface area contributed by atoms with Crippen LogP contribution in [0.4, 0.5) is 0 Å². The zero-order valence-corrected chi connectivity index (χ0v) is 12.9. The van der Waals surface area contributed by atoms with Crippen molar-refractivity contribution in [2.24, 2.45) is 0 Å². The predicted octanol–water partition coefficient (Wildman–Crippen LogP) is 0.979. The molecule has 10 heteroatoms. The second kappa shape index (κ2) is 5.99. The van der Waals surface area contributed by atoms with Crippen molar-refractivity contribution >= 4 is 49.2 Å². The fourth-order valence-corrected chi connectivity index (χ4v) is 4.93. The van der Waals surface area contributed by atoms with Crippen LogP contribution < -0.4 is 0 Å². The second-order valence-corrected chi connectivity index (χ2v) is 8.12. The first-order valence-electron chi connectivity index (χ1n) is 4.84. The van der Waals surface area contributed by atoms with Gasteiger partial charge in [0.05, 0.1) is 3.79 Å². The van der Waals surface area contributed by atoms with E-state index in [0.717, 1.165) is 11.3 Å². The molecule has 0 saturated carbocycles. The molecule has 0 aliphatic heterocycles. The number of hydrogen-bond acceptors (Lipinski definition) is 5. The lowest BCUT2D eigenvalue weighted by atomic mass is 10.4. The van der Waals surface area contributed by atoms with E-state index in [1.54, 1.807) is 6.92 Å². The molecule has 2 N–H and O–H groups in total. The van der Waals surface area contributed by atoms with Crippen LogP contribution in [0.15, 0.2) is 14.1 Å². The quantitative estimate of drug-likeness (QED) is 0.770. The van der Waals surface area contributed by atoms with Crippen molar-refractivity contribution in [2.75, 3.05) is 13.1 Å². The van der Waals surface area contributed by atoms with Gasteiger partial charge in [0.15, 0.2) is 0 Å². The lowest BCUT2D eigenvalue weighted by Gasteiger charge is -2.16. The van der Waals surface area contributed by atoms with Gasteiger partial charge in [-0.1, -0.05) is 0 Å². The molecule has 0 saturated heterocycles. The predicted molar refractivity (Wildman–Crippen MR) is 70.8 cm³/mol. The third-order valence-electron chi connectivity index (χ3n) is 2.05. The molecule has 106 valence electrons. The Morgan fingerprint density at radius 3 is 2.11 bits per heavy atom. The number of sulfonamides is 1. The van der Waals surface area contributed by atoms with Crippen LogP contribution in [-0.4, -0.2) is 48.0 Å². The number of halogens is 1. The highest BCUT2D eigenvalue weighted by atomic mass is 79.9. The fraction of sp³-hybridized carbons (Fsp3) is 0.333. The normalized spacial score (nSPS) is 11.7. The van der Waals surface area contributed by atoms with Crippen molar-refractivity contribution in [3.63, 3.8) is 0 Å². The molecular weight excluding hydrogens is 362 g/mol. The van der Waals surface area contributed by atoms with Crippen LogP contribution in [-0.2, 0) is 19.6 Å². The van der Waals surface area contributed by atoms with Gasteiger partial charge < -0.3 is 10.2 Å². The van der Waals surface area contributed by atoms with Gasteiger partial charge in [-0.3, -0.25) is 9.59 Å². The molecule has 0 fully saturated rings. The minimum absolute atomic E-state index is 0.0978. The number of thiophene rings is 1. The zero-order valence-electron chi connectivity index (χ0n) is 9.66. The minimum Gasteiger partial charge on any atom is -0.480 e. The molecule has 1 aromatic rings. The van der Waals surface area contributed by atoms with E-state index in [4.69, 9.17) is 10.2 Å². The highest BCUT2D eigenvalue weighted by Crippen LogP contribution is 2.32. The zero-order chi connectivity index (χ0) is 14.8. The average Bonchev–Trinajstić information content (AvgIpc) is 2.57. The molecule has 0 aromatic carbocycles. The summed E-state index contributed by atoms with van der Waals surface area (Å²) in [6, 6.07) is 1.36. The van der Waals surface area contributed by atoms with Crippen molar-refractivity contribution in [2.45, 2.75) is 11.1 Å². The molecule has 1 rings (SSSR count). The largest absolute Gasteiger partial charge is 0.480 e. The molecule has 19 heavy (non-hydrogen) atoms. The molecule has 0 radical (unpaired) electrons. The van der Waals surface area contributed by atoms with Crippen molar-refractivity contribution in [1.29, 1.82) is 0 Å². The summed E-state index contributed by atoms with van der Waals surface area (Å²) in [6.45, 7) is -0.120. The summed E-state index contributed by atoms with van der Waals surface area (Å²) in [5.41, 5.74) is 0.675. The Morgan fingerprint density at radius 1 is 1.32 bits per heavy atom. The van der Waals surface area contributed by atoms with E-state index in [9.17, 15) is 18.0 Å². The van der Waals surface area contributed by atoms with Crippen molar-refractivity contribution in [3.8, 4) is 0 Å². The Labute approximate surface area is 121 Å². The van der Waals surface area contributed by atoms with Gasteiger partial charge in [0.25, 0.3) is 10.0 Å². The molecule has 0 bridgehead atoms. The van der Waals surface area contributed by atoms with E-state index in [1.165, 1.54) is 6.07 Å². The van der Waals surface area contributed by atoms with E-state index in [2.05, 4.69) is 15.9 Å². The lowest BCUT2D eigenvalue weighted by Crippen LogP contribution is -2.39. The third-order valence-corrected chi connectivity index (χ3v) is 6.43. The third kappa shape index (κ3) is 4.00. The summed E-state index contributed by atoms with van der Waals surface area (Å²) < 4.78 is 25.2. The average molecular weight is 372 g/mol. The van der Waals surface area contributed by atoms with Crippen LogP contribution in [0.1, 0.15) is 5.56 Å². The molecule has 0 aliphatic carbocycles. The Hall–Kier alpha value is -0.970. The van der Waals surface area contributed by atoms with Crippen molar-refractivity contribution < 1.29 is 28.2 Å². The second-order valence-electron chi connectivity index (χ2n) is 3.58. The van der Waals surface area contributed by atoms with Gasteiger partial charge >= 0.3 is 11.9 Å². The van der Waals surface area contributed by atoms with E-state index in [-0.39, 0.29) is 4.21 Å². The topological polar surface area (TPSA) is 112 Å². The molecule has 1 aromatic heterocycles. The first-order valence-corrected chi connectivity index (χ1v) is 7.89. The summed E-state index contributed by atoms with van der Waals surface area (Å²) >= 11 is 4.07. The summed E-state index contributed by atoms with van der Waals surface area (Å²) in [5.74, 6) is -2.84. The maximum atomic E-state index is 12.2. The summed E-state index contributed by atoms with van der Waals surface area (Å²) in [6.07, 6.45) is 0. The minimum atomic E-state index is -4.13. The smallest absolute Gasteiger partial charge is 0.318 e. The number of aliphatic carboxylic acids is 2. The van der Waals surface area contributed by atoms with Crippen molar-refractivity contribution in [3.05, 3.63) is 15.4 Å². The number of carboxylic acids is 2. The SMILES string of the molecule is Cc1cc(S(=O)(=O)N(CC(=O)O)CC(=O)O)sc1Br. The van der Waals surface area contributed by atoms with Gasteiger partial charge in [0.1, 0.15) is 17.3 Å². The number of rotatable bonds is 6. The van der Waals surface area contributed by atoms with Crippen molar-refractivity contribution in [1.82, 2.24) is 4.31 Å². The number of carboxylic acid groups (broad SMARTS) is 2. The molecule has 0 amide bonds. The van der Waals surface area contributed by atoms with Crippen LogP contribution >= 0.6 is 27.3 Å². The van der Waals surface area contributed by atoms with E-state index in [1.807, 2.05) is 0 Å². The highest BCUT2D eigenvalue weighted by Gasteiger charge is 2.30. The van der Waals surface area contributed by atoms with Crippen LogP contribution in [0.5, 0.6) is 0 Å². The van der Waals surface area contributed by atoms with E-state index < -0.39 is 35.1 Å². The first-order chi connectivity index (χ1) is 8.64. The number of hydrogen-bond donors (Lipinski definition) is 2. The Kier molecular flexibility index (Phi) is 5.07. The first kappa shape index (κ1) is 16.1. The molecule has 0 spiro atoms. The van der Waals surface area contributed by atoms with Crippen LogP contribution in [0.25, 0.3) is 0 Å². The highest BCUT2D eigenvalue weighted by molar-refractivity contribution is 9.11. The monoisotopic (exact) mass is 371 g/mol. The lowest BCUT2D eigenvalue weighted by molar-refractivity contribution is -0.139. The van der Waals surface area contributed by atoms with Gasteiger partial charge in [0.2, 0.25) is 0 Å². The molecule has 0 atom stereocenters. The Morgan fingerprint density at radius 2 is 1.79 bits per heavy atom. The maximum absolute atomic E-state index is 12.2. The number of nitrogens with zero attached hydrogens (tertiary/aromatic N) is 1. The molecular formula is C9H10BrNO6S2. The Bertz CT molecular complexity index is 573. The molecule has 7 nitrogen and oxygen atoms in total. The van der Waals surface area contributed by atoms with Crippen LogP contribution in [0.3, 0.4) is 0 Å². The number of aryl methyl sites for hydroxylation is 1. The van der Waals surface area contributed by atoms with Crippen LogP contribution in [0.2, 0.25) is 0 Å². The number of carbonyl (C=O) groups is 2. The van der Waals surface area contributed by atoms with Crippen LogP contribution in [0, 0.1) is 6.92 Å². The standard InChI is InChI=1S/C9H10BrNO6S2/c1-5-2-8(18-9(5)10)19(16,17)11(3-6(12)13)4-7(14)15/h2H,3-4H2,1H3,(H,12,13)(H,14,15). The summed E-state index contributed by atoms with van der Waals surface area (Å²) in [4.78, 5) is 21.3. The van der Waals surface area contributed by atoms with Gasteiger partial charge in [-0.05, 0) is 34.5 Å². The maximum Gasteiger partial charge on any atom is 0.318 e. The van der Waals surface area contributed by atoms with E-state index in [0.29, 0.717) is 13.7 Å². The van der Waals surface area contributed by atoms with Gasteiger partial charge in [-0.15, -0.1) is 11.3 Å². The Balaban J connectivity index is 3.18. The molecule has 0 aliphatic rings. The van der Waals surface area contributed by atoms with Gasteiger partial charge in [-0.25, -0.2) is 8.42 Å². The fourth-order valence-electron chi connectivity index (χ4n) is 1.21. The molecule has 1 heterocycles. The van der Waals surface area contributed by atoms with Gasteiger partial charge in [0, 0.05) is 0 Å². The molecule has 0 unspecified atom stereocenters. The van der Waals surface area contributed by atoms with E-state index >= 15 is 0 Å². The van der Waals surface area contributed by atoms with Gasteiger partial charge in [-0.2, -0.15) is 4.31 Å². The summed E-state index contributed by atoms with van der Waals surface area (Å²) in [7, 11) is -4.13.